The van der Waals surface area contributed by atoms with Crippen molar-refractivity contribution in [1.29, 1.82) is 0 Å². The molecule has 0 aliphatic rings. The van der Waals surface area contributed by atoms with Gasteiger partial charge < -0.3 is 10.2 Å². The van der Waals surface area contributed by atoms with Crippen LogP contribution in [-0.4, -0.2) is 31.6 Å². The monoisotopic (exact) mass is 284 g/mol. The van der Waals surface area contributed by atoms with Gasteiger partial charge in [-0.1, -0.05) is 50.2 Å². The van der Waals surface area contributed by atoms with E-state index in [1.807, 2.05) is 7.05 Å². The van der Waals surface area contributed by atoms with Crippen molar-refractivity contribution in [2.24, 2.45) is 5.92 Å². The lowest BCUT2D eigenvalue weighted by molar-refractivity contribution is 0.190. The van der Waals surface area contributed by atoms with Gasteiger partial charge in [-0.25, -0.2) is 0 Å². The second-order valence-corrected chi connectivity index (χ2v) is 6.37. The Kier molecular flexibility index (Phi) is 5.38. The third kappa shape index (κ3) is 3.84. The summed E-state index contributed by atoms with van der Waals surface area (Å²) in [6.07, 6.45) is 0. The average Bonchev–Trinajstić information content (AvgIpc) is 2.51. The predicted octanol–water partition coefficient (Wildman–Crippen LogP) is 4.08. The van der Waals surface area contributed by atoms with Crippen molar-refractivity contribution in [2.75, 3.05) is 20.6 Å². The highest BCUT2D eigenvalue weighted by atomic mass is 15.1. The summed E-state index contributed by atoms with van der Waals surface area (Å²) in [5, 5.41) is 6.09. The lowest BCUT2D eigenvalue weighted by Gasteiger charge is -2.31. The molecule has 2 aromatic rings. The van der Waals surface area contributed by atoms with Crippen LogP contribution in [0.5, 0.6) is 0 Å². The van der Waals surface area contributed by atoms with E-state index >= 15 is 0 Å². The van der Waals surface area contributed by atoms with E-state index in [9.17, 15) is 0 Å². The number of likely N-dealkylation sites (N-methyl/N-ethyl adjacent to an activating group) is 2. The number of rotatable bonds is 6. The molecule has 2 rings (SSSR count). The molecule has 2 aromatic carbocycles. The maximum Gasteiger partial charge on any atom is 0.0447 e. The van der Waals surface area contributed by atoms with Crippen LogP contribution in [0.3, 0.4) is 0 Å². The van der Waals surface area contributed by atoms with Gasteiger partial charge >= 0.3 is 0 Å². The van der Waals surface area contributed by atoms with Crippen LogP contribution in [0.4, 0.5) is 0 Å². The molecule has 0 spiro atoms. The normalized spacial score (nSPS) is 14.8. The average molecular weight is 284 g/mol. The summed E-state index contributed by atoms with van der Waals surface area (Å²) in [4.78, 5) is 2.45. The first-order valence-electron chi connectivity index (χ1n) is 7.89. The Bertz CT molecular complexity index is 577. The van der Waals surface area contributed by atoms with Gasteiger partial charge in [0.1, 0.15) is 0 Å². The first-order valence-corrected chi connectivity index (χ1v) is 7.89. The Labute approximate surface area is 129 Å². The van der Waals surface area contributed by atoms with Crippen molar-refractivity contribution in [2.45, 2.75) is 32.9 Å². The summed E-state index contributed by atoms with van der Waals surface area (Å²) in [5.74, 6) is 0.670. The largest absolute Gasteiger partial charge is 0.312 e. The van der Waals surface area contributed by atoms with Gasteiger partial charge in [-0.2, -0.15) is 0 Å². The first kappa shape index (κ1) is 16.0. The van der Waals surface area contributed by atoms with Crippen molar-refractivity contribution in [3.05, 3.63) is 48.0 Å². The molecule has 0 saturated heterocycles. The molecule has 0 saturated carbocycles. The third-order valence-electron chi connectivity index (χ3n) is 4.65. The number of nitrogens with one attached hydrogen (secondary N) is 1. The second kappa shape index (κ2) is 7.06. The quantitative estimate of drug-likeness (QED) is 0.860. The van der Waals surface area contributed by atoms with Crippen molar-refractivity contribution in [3.63, 3.8) is 0 Å². The minimum Gasteiger partial charge on any atom is -0.312 e. The molecule has 2 heteroatoms. The number of fused-ring (bicyclic) bond motifs is 1. The van der Waals surface area contributed by atoms with Gasteiger partial charge in [-0.3, -0.25) is 0 Å². The van der Waals surface area contributed by atoms with Crippen LogP contribution in [0.15, 0.2) is 42.5 Å². The van der Waals surface area contributed by atoms with Crippen molar-refractivity contribution in [3.8, 4) is 0 Å². The highest BCUT2D eigenvalue weighted by Gasteiger charge is 2.18. The van der Waals surface area contributed by atoms with Crippen LogP contribution in [0.1, 0.15) is 32.4 Å². The van der Waals surface area contributed by atoms with Crippen LogP contribution in [0.2, 0.25) is 0 Å². The van der Waals surface area contributed by atoms with E-state index in [2.05, 4.69) is 80.5 Å². The minimum atomic E-state index is 0.362. The van der Waals surface area contributed by atoms with Gasteiger partial charge in [0.05, 0.1) is 0 Å². The second-order valence-electron chi connectivity index (χ2n) is 6.37. The van der Waals surface area contributed by atoms with Gasteiger partial charge in [-0.15, -0.1) is 0 Å². The predicted molar refractivity (Wildman–Crippen MR) is 92.7 cm³/mol. The lowest BCUT2D eigenvalue weighted by Crippen LogP contribution is -2.39. The molecule has 0 heterocycles. The zero-order valence-electron chi connectivity index (χ0n) is 13.9. The Balaban J connectivity index is 2.19. The Morgan fingerprint density at radius 1 is 1.00 bits per heavy atom. The Hall–Kier alpha value is -1.38. The van der Waals surface area contributed by atoms with E-state index in [1.165, 1.54) is 16.3 Å². The summed E-state index contributed by atoms with van der Waals surface area (Å²) in [6.45, 7) is 7.89. The van der Waals surface area contributed by atoms with Crippen LogP contribution in [-0.2, 0) is 0 Å². The zero-order chi connectivity index (χ0) is 15.4. The van der Waals surface area contributed by atoms with Crippen molar-refractivity contribution < 1.29 is 0 Å². The van der Waals surface area contributed by atoms with E-state index in [4.69, 9.17) is 0 Å². The number of hydrogen-bond acceptors (Lipinski definition) is 2. The molecule has 2 unspecified atom stereocenters. The first-order chi connectivity index (χ1) is 10.0. The minimum absolute atomic E-state index is 0.362. The highest BCUT2D eigenvalue weighted by Crippen LogP contribution is 2.22. The molecule has 1 N–H and O–H groups in total. The summed E-state index contributed by atoms with van der Waals surface area (Å²) in [6, 6.07) is 16.3. The molecule has 2 nitrogen and oxygen atoms in total. The van der Waals surface area contributed by atoms with Gasteiger partial charge in [0.15, 0.2) is 0 Å². The van der Waals surface area contributed by atoms with Crippen molar-refractivity contribution in [1.82, 2.24) is 10.2 Å². The fourth-order valence-electron chi connectivity index (χ4n) is 2.75. The molecular weight excluding hydrogens is 256 g/mol. The van der Waals surface area contributed by atoms with Crippen LogP contribution in [0, 0.1) is 5.92 Å². The Morgan fingerprint density at radius 2 is 1.67 bits per heavy atom. The standard InChI is InChI=1S/C19H28N2/c1-14(2)15(3)21(5)13-19(20-4)18-11-10-16-8-6-7-9-17(16)12-18/h6-12,14-15,19-20H,13H2,1-5H3. The third-order valence-corrected chi connectivity index (χ3v) is 4.65. The summed E-state index contributed by atoms with van der Waals surface area (Å²) in [7, 11) is 4.27. The van der Waals surface area contributed by atoms with Crippen LogP contribution < -0.4 is 5.32 Å². The SMILES string of the molecule is CNC(CN(C)C(C)C(C)C)c1ccc2ccccc2c1. The smallest absolute Gasteiger partial charge is 0.0447 e. The molecule has 0 bridgehead atoms. The molecule has 0 aliphatic carbocycles. The molecule has 21 heavy (non-hydrogen) atoms. The molecule has 114 valence electrons. The van der Waals surface area contributed by atoms with Gasteiger partial charge in [-0.05, 0) is 49.3 Å². The van der Waals surface area contributed by atoms with Crippen LogP contribution >= 0.6 is 0 Å². The van der Waals surface area contributed by atoms with E-state index in [-0.39, 0.29) is 0 Å². The molecule has 0 fully saturated rings. The highest BCUT2D eigenvalue weighted by molar-refractivity contribution is 5.83. The van der Waals surface area contributed by atoms with E-state index in [0.717, 1.165) is 6.54 Å². The topological polar surface area (TPSA) is 15.3 Å². The summed E-state index contributed by atoms with van der Waals surface area (Å²) < 4.78 is 0. The molecule has 2 atom stereocenters. The number of hydrogen-bond donors (Lipinski definition) is 1. The van der Waals surface area contributed by atoms with Crippen molar-refractivity contribution >= 4 is 10.8 Å². The number of nitrogens with zero attached hydrogens (tertiary/aromatic N) is 1. The molecule has 0 radical (unpaired) electrons. The lowest BCUT2D eigenvalue weighted by atomic mass is 10.00. The Morgan fingerprint density at radius 3 is 2.29 bits per heavy atom. The fraction of sp³-hybridized carbons (Fsp3) is 0.474. The van der Waals surface area contributed by atoms with Gasteiger partial charge in [0.2, 0.25) is 0 Å². The van der Waals surface area contributed by atoms with Gasteiger partial charge in [0, 0.05) is 18.6 Å². The fourth-order valence-corrected chi connectivity index (χ4v) is 2.75. The molecular formula is C19H28N2. The molecule has 0 aliphatic heterocycles. The molecule has 0 amide bonds. The van der Waals surface area contributed by atoms with E-state index < -0.39 is 0 Å². The maximum absolute atomic E-state index is 3.47. The van der Waals surface area contributed by atoms with Crippen LogP contribution in [0.25, 0.3) is 10.8 Å². The van der Waals surface area contributed by atoms with E-state index in [0.29, 0.717) is 18.0 Å². The maximum atomic E-state index is 3.47. The van der Waals surface area contributed by atoms with Gasteiger partial charge in [0.25, 0.3) is 0 Å². The molecule has 0 aromatic heterocycles. The summed E-state index contributed by atoms with van der Waals surface area (Å²) in [5.41, 5.74) is 1.36. The number of benzene rings is 2. The summed E-state index contributed by atoms with van der Waals surface area (Å²) >= 11 is 0. The zero-order valence-corrected chi connectivity index (χ0v) is 13.9. The van der Waals surface area contributed by atoms with E-state index in [1.54, 1.807) is 0 Å².